The molecule has 138 valence electrons. The molecule has 1 aromatic carbocycles. The van der Waals surface area contributed by atoms with Crippen molar-refractivity contribution in [3.05, 3.63) is 57.3 Å². The molecule has 0 amide bonds. The van der Waals surface area contributed by atoms with Gasteiger partial charge in [-0.2, -0.15) is 5.26 Å². The monoisotopic (exact) mass is 401 g/mol. The van der Waals surface area contributed by atoms with Crippen LogP contribution in [0.15, 0.2) is 29.8 Å². The van der Waals surface area contributed by atoms with Crippen molar-refractivity contribution in [1.29, 1.82) is 5.26 Å². The van der Waals surface area contributed by atoms with E-state index in [1.807, 2.05) is 35.9 Å². The first-order chi connectivity index (χ1) is 13.0. The third kappa shape index (κ3) is 3.68. The molecule has 0 atom stereocenters. The number of aromatic nitrogens is 2. The van der Waals surface area contributed by atoms with Gasteiger partial charge in [-0.15, -0.1) is 11.3 Å². The maximum atomic E-state index is 12.7. The number of methoxy groups -OCH3 is 1. The fourth-order valence-corrected chi connectivity index (χ4v) is 3.82. The lowest BCUT2D eigenvalue weighted by Crippen LogP contribution is -2.13. The fraction of sp³-hybridized carbons (Fsp3) is 0.211. The van der Waals surface area contributed by atoms with Crippen molar-refractivity contribution < 1.29 is 14.3 Å². The summed E-state index contributed by atoms with van der Waals surface area (Å²) in [5.41, 5.74) is 2.63. The first-order valence-corrected chi connectivity index (χ1v) is 9.24. The quantitative estimate of drug-likeness (QED) is 0.574. The van der Waals surface area contributed by atoms with Crippen LogP contribution in [0, 0.1) is 25.2 Å². The van der Waals surface area contributed by atoms with Crippen molar-refractivity contribution in [2.24, 2.45) is 0 Å². The van der Waals surface area contributed by atoms with Crippen molar-refractivity contribution in [3.63, 3.8) is 0 Å². The summed E-state index contributed by atoms with van der Waals surface area (Å²) < 4.78 is 12.8. The van der Waals surface area contributed by atoms with E-state index in [9.17, 15) is 4.79 Å². The molecular weight excluding hydrogens is 386 g/mol. The van der Waals surface area contributed by atoms with E-state index in [1.165, 1.54) is 30.6 Å². The summed E-state index contributed by atoms with van der Waals surface area (Å²) in [5, 5.41) is 11.9. The largest absolute Gasteiger partial charge is 0.493 e. The highest BCUT2D eigenvalue weighted by atomic mass is 35.5. The molecule has 8 heteroatoms. The van der Waals surface area contributed by atoms with Crippen molar-refractivity contribution in [3.8, 4) is 22.7 Å². The van der Waals surface area contributed by atoms with Gasteiger partial charge in [0.25, 0.3) is 0 Å². The molecule has 2 aromatic heterocycles. The third-order valence-electron chi connectivity index (χ3n) is 4.05. The van der Waals surface area contributed by atoms with Crippen LogP contribution in [0.3, 0.4) is 0 Å². The summed E-state index contributed by atoms with van der Waals surface area (Å²) in [4.78, 5) is 17.0. The molecule has 0 saturated carbocycles. The summed E-state index contributed by atoms with van der Waals surface area (Å²) in [6.45, 7) is 3.59. The second kappa shape index (κ2) is 7.82. The predicted octanol–water partition coefficient (Wildman–Crippen LogP) is 4.35. The van der Waals surface area contributed by atoms with E-state index in [0.29, 0.717) is 16.9 Å². The molecule has 3 rings (SSSR count). The van der Waals surface area contributed by atoms with Gasteiger partial charge >= 0.3 is 0 Å². The smallest absolute Gasteiger partial charge is 0.202 e. The van der Waals surface area contributed by atoms with Gasteiger partial charge in [-0.25, -0.2) is 4.98 Å². The van der Waals surface area contributed by atoms with Crippen LogP contribution in [0.2, 0.25) is 5.02 Å². The number of nitriles is 1. The minimum absolute atomic E-state index is 0.187. The highest BCUT2D eigenvalue weighted by Gasteiger charge is 2.20. The molecule has 0 saturated heterocycles. The number of benzene rings is 1. The Kier molecular flexibility index (Phi) is 5.49. The summed E-state index contributed by atoms with van der Waals surface area (Å²) in [6.07, 6.45) is 1.72. The highest BCUT2D eigenvalue weighted by molar-refractivity contribution is 7.12. The molecule has 0 aliphatic carbocycles. The van der Waals surface area contributed by atoms with Crippen LogP contribution >= 0.6 is 22.9 Å². The van der Waals surface area contributed by atoms with Crippen molar-refractivity contribution in [2.45, 2.75) is 13.8 Å². The van der Waals surface area contributed by atoms with E-state index < -0.39 is 0 Å². The third-order valence-corrected chi connectivity index (χ3v) is 5.09. The zero-order valence-corrected chi connectivity index (χ0v) is 16.5. The Morgan fingerprint density at radius 2 is 2.15 bits per heavy atom. The Labute approximate surface area is 165 Å². The molecule has 2 heterocycles. The zero-order valence-electron chi connectivity index (χ0n) is 14.9. The van der Waals surface area contributed by atoms with E-state index in [0.717, 1.165) is 16.5 Å². The van der Waals surface area contributed by atoms with Gasteiger partial charge in [-0.05, 0) is 26.0 Å². The number of carbonyl (C=O) groups is 1. The van der Waals surface area contributed by atoms with Crippen molar-refractivity contribution in [1.82, 2.24) is 9.55 Å². The molecule has 0 bridgehead atoms. The van der Waals surface area contributed by atoms with Crippen LogP contribution in [0.1, 0.15) is 27.3 Å². The lowest BCUT2D eigenvalue weighted by molar-refractivity contribution is 0.0919. The van der Waals surface area contributed by atoms with Gasteiger partial charge < -0.3 is 9.47 Å². The van der Waals surface area contributed by atoms with Crippen molar-refractivity contribution in [2.75, 3.05) is 13.7 Å². The number of ketones is 1. The number of halogens is 1. The van der Waals surface area contributed by atoms with E-state index in [2.05, 4.69) is 4.98 Å². The molecule has 0 radical (unpaired) electrons. The maximum absolute atomic E-state index is 12.7. The first kappa shape index (κ1) is 19.0. The van der Waals surface area contributed by atoms with Gasteiger partial charge in [-0.1, -0.05) is 11.6 Å². The Morgan fingerprint density at radius 1 is 1.37 bits per heavy atom. The van der Waals surface area contributed by atoms with Gasteiger partial charge in [0.1, 0.15) is 0 Å². The summed E-state index contributed by atoms with van der Waals surface area (Å²) in [6, 6.07) is 6.80. The van der Waals surface area contributed by atoms with E-state index in [-0.39, 0.29) is 23.2 Å². The van der Waals surface area contributed by atoms with Gasteiger partial charge in [0.05, 0.1) is 23.8 Å². The number of hydrogen-bond donors (Lipinski definition) is 0. The van der Waals surface area contributed by atoms with E-state index in [4.69, 9.17) is 26.3 Å². The Bertz CT molecular complexity index is 1040. The normalized spacial score (nSPS) is 10.5. The molecule has 0 fully saturated rings. The average Bonchev–Trinajstić information content (AvgIpc) is 3.27. The minimum Gasteiger partial charge on any atom is -0.493 e. The highest BCUT2D eigenvalue weighted by Crippen LogP contribution is 2.36. The first-order valence-electron chi connectivity index (χ1n) is 7.98. The van der Waals surface area contributed by atoms with E-state index >= 15 is 0 Å². The standard InChI is InChI=1S/C19H16ClN3O3S/c1-11-6-14(12(2)23(11)19-22-4-5-27-19)16(24)10-26-18-15(20)7-13(9-21)8-17(18)25-3/h4-8H,10H2,1-3H3. The summed E-state index contributed by atoms with van der Waals surface area (Å²) in [7, 11) is 1.45. The van der Waals surface area contributed by atoms with Crippen LogP contribution in [-0.4, -0.2) is 29.1 Å². The molecule has 0 unspecified atom stereocenters. The fourth-order valence-electron chi connectivity index (χ4n) is 2.81. The predicted molar refractivity (Wildman–Crippen MR) is 103 cm³/mol. The SMILES string of the molecule is COc1cc(C#N)cc(Cl)c1OCC(=O)c1cc(C)n(-c2nccs2)c1C. The second-order valence-corrected chi connectivity index (χ2v) is 7.03. The van der Waals surface area contributed by atoms with Crippen LogP contribution < -0.4 is 9.47 Å². The van der Waals surface area contributed by atoms with E-state index in [1.54, 1.807) is 6.20 Å². The molecule has 0 N–H and O–H groups in total. The molecule has 27 heavy (non-hydrogen) atoms. The van der Waals surface area contributed by atoms with Crippen LogP contribution in [0.4, 0.5) is 0 Å². The van der Waals surface area contributed by atoms with Gasteiger partial charge in [0.2, 0.25) is 5.78 Å². The number of Topliss-reactive ketones (excluding diaryl/α,β-unsaturated/α-hetero) is 1. The number of ether oxygens (including phenoxy) is 2. The maximum Gasteiger partial charge on any atom is 0.202 e. The topological polar surface area (TPSA) is 77.1 Å². The van der Waals surface area contributed by atoms with Gasteiger partial charge in [-0.3, -0.25) is 9.36 Å². The summed E-state index contributed by atoms with van der Waals surface area (Å²) in [5.74, 6) is 0.355. The zero-order chi connectivity index (χ0) is 19.6. The number of aryl methyl sites for hydroxylation is 1. The number of nitrogens with zero attached hydrogens (tertiary/aromatic N) is 3. The van der Waals surface area contributed by atoms with Gasteiger partial charge in [0, 0.05) is 34.6 Å². The molecule has 0 aliphatic heterocycles. The van der Waals surface area contributed by atoms with Gasteiger partial charge in [0.15, 0.2) is 23.2 Å². The Balaban J connectivity index is 1.84. The summed E-state index contributed by atoms with van der Waals surface area (Å²) >= 11 is 7.67. The lowest BCUT2D eigenvalue weighted by Gasteiger charge is -2.12. The minimum atomic E-state index is -0.204. The molecule has 6 nitrogen and oxygen atoms in total. The number of hydrogen-bond acceptors (Lipinski definition) is 6. The Hall–Kier alpha value is -2.82. The number of thiazole rings is 1. The average molecular weight is 402 g/mol. The van der Waals surface area contributed by atoms with Crippen LogP contribution in [-0.2, 0) is 0 Å². The van der Waals surface area contributed by atoms with Crippen LogP contribution in [0.5, 0.6) is 11.5 Å². The second-order valence-electron chi connectivity index (χ2n) is 5.75. The van der Waals surface area contributed by atoms with Crippen LogP contribution in [0.25, 0.3) is 5.13 Å². The molecule has 3 aromatic rings. The van der Waals surface area contributed by atoms with Crippen molar-refractivity contribution >= 4 is 28.7 Å². The molecule has 0 aliphatic rings. The lowest BCUT2D eigenvalue weighted by atomic mass is 10.1. The number of carbonyl (C=O) groups excluding carboxylic acids is 1. The molecular formula is C19H16ClN3O3S. The molecule has 0 spiro atoms. The Morgan fingerprint density at radius 3 is 2.78 bits per heavy atom. The number of rotatable bonds is 6.